The summed E-state index contributed by atoms with van der Waals surface area (Å²) in [5, 5.41) is 0. The first-order chi connectivity index (χ1) is 15.9. The minimum absolute atomic E-state index is 0.00187. The van der Waals surface area contributed by atoms with Gasteiger partial charge in [-0.3, -0.25) is 9.79 Å². The van der Waals surface area contributed by atoms with Crippen LogP contribution in [0.4, 0.5) is 39.5 Å². The molecule has 0 saturated heterocycles. The molecule has 0 bridgehead atoms. The van der Waals surface area contributed by atoms with Gasteiger partial charge in [-0.05, 0) is 28.8 Å². The first kappa shape index (κ1) is 26.5. The Bertz CT molecular complexity index is 1100. The molecule has 3 rings (SSSR count). The van der Waals surface area contributed by atoms with Crippen LogP contribution in [0.3, 0.4) is 0 Å². The van der Waals surface area contributed by atoms with Gasteiger partial charge < -0.3 is 4.90 Å². The number of nitrogens with zero attached hydrogens (tertiary/aromatic N) is 3. The van der Waals surface area contributed by atoms with E-state index in [1.807, 2.05) is 0 Å². The van der Waals surface area contributed by atoms with E-state index < -0.39 is 53.9 Å². The van der Waals surface area contributed by atoms with Crippen molar-refractivity contribution >= 4 is 11.6 Å². The molecule has 0 N–H and O–H groups in total. The average Bonchev–Trinajstić information content (AvgIpc) is 3.19. The van der Waals surface area contributed by atoms with Crippen LogP contribution in [0.25, 0.3) is 0 Å². The molecule has 2 aromatic rings. The normalized spacial score (nSPS) is 19.0. The molecule has 0 fully saturated rings. The van der Waals surface area contributed by atoms with Crippen molar-refractivity contribution in [3.05, 3.63) is 64.5 Å². The lowest BCUT2D eigenvalue weighted by molar-refractivity contribution is -0.185. The molecular weight excluding hydrogens is 493 g/mol. The monoisotopic (exact) mass is 511 g/mol. The van der Waals surface area contributed by atoms with E-state index in [0.29, 0.717) is 5.56 Å². The van der Waals surface area contributed by atoms with Crippen LogP contribution < -0.4 is 0 Å². The quantitative estimate of drug-likeness (QED) is 0.488. The molecule has 0 spiro atoms. The van der Waals surface area contributed by atoms with Gasteiger partial charge in [0.15, 0.2) is 0 Å². The topological polar surface area (TPSA) is 45.6 Å². The molecule has 2 heterocycles. The zero-order valence-corrected chi connectivity index (χ0v) is 18.2. The minimum atomic E-state index is -5.39. The fourth-order valence-electron chi connectivity index (χ4n) is 3.65. The summed E-state index contributed by atoms with van der Waals surface area (Å²) < 4.78 is 122. The Kier molecular flexibility index (Phi) is 6.68. The van der Waals surface area contributed by atoms with Crippen molar-refractivity contribution in [3.8, 4) is 0 Å². The average molecular weight is 511 g/mol. The number of hydrogen-bond donors (Lipinski definition) is 0. The summed E-state index contributed by atoms with van der Waals surface area (Å²) in [5.41, 5.74) is -7.68. The van der Waals surface area contributed by atoms with Gasteiger partial charge >= 0.3 is 18.5 Å². The fourth-order valence-corrected chi connectivity index (χ4v) is 3.65. The van der Waals surface area contributed by atoms with E-state index in [1.165, 1.54) is 24.0 Å². The van der Waals surface area contributed by atoms with Crippen LogP contribution in [-0.4, -0.2) is 41.3 Å². The van der Waals surface area contributed by atoms with E-state index in [0.717, 1.165) is 0 Å². The number of carbonyl (C=O) groups is 1. The number of aliphatic imine (C=N–C) groups is 1. The summed E-state index contributed by atoms with van der Waals surface area (Å²) in [6.45, 7) is 0.497. The molecule has 190 valence electrons. The van der Waals surface area contributed by atoms with Crippen molar-refractivity contribution < 1.29 is 44.3 Å². The van der Waals surface area contributed by atoms with E-state index in [2.05, 4.69) is 9.98 Å². The van der Waals surface area contributed by atoms with Crippen LogP contribution in [0.5, 0.6) is 0 Å². The Balaban J connectivity index is 2.01. The van der Waals surface area contributed by atoms with Crippen LogP contribution in [0, 0.1) is 0 Å². The van der Waals surface area contributed by atoms with Gasteiger partial charge in [-0.25, -0.2) is 4.98 Å². The number of hydrogen-bond acceptors (Lipinski definition) is 3. The molecule has 1 aliphatic rings. The number of carbonyl (C=O) groups excluding carboxylic acids is 1. The fraction of sp³-hybridized carbons (Fsp3) is 0.409. The molecule has 1 aromatic carbocycles. The highest BCUT2D eigenvalue weighted by molar-refractivity contribution is 6.03. The van der Waals surface area contributed by atoms with Crippen molar-refractivity contribution in [2.75, 3.05) is 13.6 Å². The predicted molar refractivity (Wildman–Crippen MR) is 107 cm³/mol. The number of rotatable bonds is 4. The number of halogens is 9. The molecule has 0 radical (unpaired) electrons. The summed E-state index contributed by atoms with van der Waals surface area (Å²) in [4.78, 5) is 19.1. The third-order valence-corrected chi connectivity index (χ3v) is 5.75. The summed E-state index contributed by atoms with van der Waals surface area (Å²) in [5.74, 6) is -0.210. The second-order valence-corrected chi connectivity index (χ2v) is 8.21. The molecule has 0 aliphatic carbocycles. The van der Waals surface area contributed by atoms with Gasteiger partial charge in [-0.2, -0.15) is 39.5 Å². The van der Waals surface area contributed by atoms with E-state index in [9.17, 15) is 44.3 Å². The highest BCUT2D eigenvalue weighted by Gasteiger charge is 2.59. The maximum Gasteiger partial charge on any atom is 0.433 e. The Labute approximate surface area is 193 Å². The van der Waals surface area contributed by atoms with Gasteiger partial charge in [0.2, 0.25) is 5.91 Å². The van der Waals surface area contributed by atoms with Gasteiger partial charge in [0.1, 0.15) is 16.8 Å². The Morgan fingerprint density at radius 3 is 1.89 bits per heavy atom. The Morgan fingerprint density at radius 2 is 1.46 bits per heavy atom. The van der Waals surface area contributed by atoms with Gasteiger partial charge in [0, 0.05) is 32.6 Å². The molecule has 1 unspecified atom stereocenters. The molecule has 1 amide bonds. The van der Waals surface area contributed by atoms with Crippen molar-refractivity contribution in [1.82, 2.24) is 9.88 Å². The largest absolute Gasteiger partial charge is 0.433 e. The maximum absolute atomic E-state index is 14.2. The molecular formula is C22H18F9N3O. The number of benzene rings is 1. The summed E-state index contributed by atoms with van der Waals surface area (Å²) >= 11 is 0. The molecule has 13 heteroatoms. The first-order valence-electron chi connectivity index (χ1n) is 10.0. The van der Waals surface area contributed by atoms with Gasteiger partial charge in [-0.1, -0.05) is 24.3 Å². The number of alkyl halides is 9. The predicted octanol–water partition coefficient (Wildman–Crippen LogP) is 5.79. The number of pyridine rings is 1. The zero-order chi connectivity index (χ0) is 26.4. The van der Waals surface area contributed by atoms with Crippen molar-refractivity contribution in [2.24, 2.45) is 4.99 Å². The third-order valence-electron chi connectivity index (χ3n) is 5.75. The van der Waals surface area contributed by atoms with Crippen LogP contribution in [0.15, 0.2) is 41.4 Å². The molecule has 35 heavy (non-hydrogen) atoms. The van der Waals surface area contributed by atoms with Gasteiger partial charge in [0.25, 0.3) is 0 Å². The maximum atomic E-state index is 14.2. The van der Waals surface area contributed by atoms with Crippen LogP contribution in [-0.2, 0) is 29.1 Å². The van der Waals surface area contributed by atoms with E-state index in [1.54, 1.807) is 19.2 Å². The van der Waals surface area contributed by atoms with Gasteiger partial charge in [0.05, 0.1) is 6.54 Å². The lowest BCUT2D eigenvalue weighted by Crippen LogP contribution is -2.44. The van der Waals surface area contributed by atoms with Crippen LogP contribution in [0.2, 0.25) is 0 Å². The molecule has 1 aromatic heterocycles. The standard InChI is InChI=1S/C22H18F9N3O/c1-12(35)34(2)10-13-3-5-14(6-4-13)16-9-19(11-32-16,22(29,30)31)15-7-17(20(23,24)25)33-18(8-15)21(26,27)28/h3-8H,9-11H2,1-2H3. The zero-order valence-electron chi connectivity index (χ0n) is 18.2. The molecule has 1 aliphatic heterocycles. The van der Waals surface area contributed by atoms with Crippen LogP contribution >= 0.6 is 0 Å². The minimum Gasteiger partial charge on any atom is -0.342 e. The summed E-state index contributed by atoms with van der Waals surface area (Å²) in [6.07, 6.45) is -17.0. The van der Waals surface area contributed by atoms with Crippen molar-refractivity contribution in [3.63, 3.8) is 0 Å². The lowest BCUT2D eigenvalue weighted by Gasteiger charge is -2.32. The number of amides is 1. The Morgan fingerprint density at radius 1 is 0.943 bits per heavy atom. The second kappa shape index (κ2) is 8.83. The summed E-state index contributed by atoms with van der Waals surface area (Å²) in [7, 11) is 1.55. The number of aromatic nitrogens is 1. The van der Waals surface area contributed by atoms with Crippen LogP contribution in [0.1, 0.15) is 41.4 Å². The second-order valence-electron chi connectivity index (χ2n) is 8.21. The molecule has 1 atom stereocenters. The highest BCUT2D eigenvalue weighted by Crippen LogP contribution is 2.49. The van der Waals surface area contributed by atoms with Gasteiger partial charge in [-0.15, -0.1) is 0 Å². The molecule has 4 nitrogen and oxygen atoms in total. The summed E-state index contributed by atoms with van der Waals surface area (Å²) in [6, 6.07) is 5.96. The van der Waals surface area contributed by atoms with E-state index in [4.69, 9.17) is 0 Å². The SMILES string of the molecule is CC(=O)N(C)Cc1ccc(C2=NCC(c3cc(C(F)(F)F)nc(C(F)(F)F)c3)(C(F)(F)F)C2)cc1. The Hall–Kier alpha value is -3.12. The van der Waals surface area contributed by atoms with E-state index >= 15 is 0 Å². The third kappa shape index (κ3) is 5.43. The molecule has 0 saturated carbocycles. The lowest BCUT2D eigenvalue weighted by atomic mass is 9.76. The van der Waals surface area contributed by atoms with Crippen molar-refractivity contribution in [1.29, 1.82) is 0 Å². The smallest absolute Gasteiger partial charge is 0.342 e. The van der Waals surface area contributed by atoms with Crippen molar-refractivity contribution in [2.45, 2.75) is 43.8 Å². The van der Waals surface area contributed by atoms with E-state index in [-0.39, 0.29) is 35.9 Å². The highest BCUT2D eigenvalue weighted by atomic mass is 19.4. The first-order valence-corrected chi connectivity index (χ1v) is 10.0.